The molecule has 23 heavy (non-hydrogen) atoms. The van der Waals surface area contributed by atoms with Gasteiger partial charge in [-0.25, -0.2) is 9.78 Å². The summed E-state index contributed by atoms with van der Waals surface area (Å²) in [4.78, 5) is 19.3. The van der Waals surface area contributed by atoms with Crippen molar-refractivity contribution < 1.29 is 19.4 Å². The van der Waals surface area contributed by atoms with Gasteiger partial charge in [-0.1, -0.05) is 11.6 Å². The average Bonchev–Trinajstić information content (AvgIpc) is 2.50. The number of anilines is 2. The first-order chi connectivity index (χ1) is 10.9. The molecule has 2 N–H and O–H groups in total. The van der Waals surface area contributed by atoms with E-state index in [0.717, 1.165) is 0 Å². The summed E-state index contributed by atoms with van der Waals surface area (Å²) in [6.07, 6.45) is 1.34. The van der Waals surface area contributed by atoms with E-state index in [2.05, 4.69) is 15.3 Å². The maximum absolute atomic E-state index is 11.0. The Labute approximate surface area is 138 Å². The lowest BCUT2D eigenvalue weighted by Crippen LogP contribution is -2.09. The highest BCUT2D eigenvalue weighted by Crippen LogP contribution is 2.29. The molecule has 8 heteroatoms. The molecule has 0 saturated carbocycles. The summed E-state index contributed by atoms with van der Waals surface area (Å²) < 4.78 is 10.7. The molecule has 0 fully saturated rings. The molecule has 0 aliphatic rings. The average molecular weight is 338 g/mol. The third kappa shape index (κ3) is 4.23. The molecule has 2 rings (SSSR count). The van der Waals surface area contributed by atoms with Crippen molar-refractivity contribution in [2.24, 2.45) is 0 Å². The number of nitrogens with zero attached hydrogens (tertiary/aromatic N) is 2. The molecular formula is C15H16ClN3O4. The molecule has 0 radical (unpaired) electrons. The number of nitrogens with one attached hydrogen (secondary N) is 1. The van der Waals surface area contributed by atoms with Crippen LogP contribution in [0.2, 0.25) is 5.02 Å². The summed E-state index contributed by atoms with van der Waals surface area (Å²) in [5, 5.41) is 12.3. The third-order valence-electron chi connectivity index (χ3n) is 2.75. The minimum absolute atomic E-state index is 0.0837. The molecule has 1 heterocycles. The Kier molecular flexibility index (Phi) is 5.23. The Balaban J connectivity index is 2.30. The van der Waals surface area contributed by atoms with Crippen LogP contribution < -0.4 is 14.8 Å². The summed E-state index contributed by atoms with van der Waals surface area (Å²) in [6, 6.07) is 4.43. The molecule has 122 valence electrons. The number of halogens is 1. The minimum atomic E-state index is -1.04. The number of ether oxygens (including phenoxy) is 2. The van der Waals surface area contributed by atoms with E-state index in [0.29, 0.717) is 16.5 Å². The molecule has 1 aromatic carbocycles. The maximum Gasteiger partial charge on any atom is 0.335 e. The quantitative estimate of drug-likeness (QED) is 0.834. The van der Waals surface area contributed by atoms with Crippen LogP contribution in [-0.2, 0) is 0 Å². The first-order valence-corrected chi connectivity index (χ1v) is 7.16. The predicted molar refractivity (Wildman–Crippen MR) is 86.0 cm³/mol. The van der Waals surface area contributed by atoms with Crippen LogP contribution >= 0.6 is 11.6 Å². The van der Waals surface area contributed by atoms with E-state index in [9.17, 15) is 4.79 Å². The van der Waals surface area contributed by atoms with Gasteiger partial charge >= 0.3 is 5.97 Å². The van der Waals surface area contributed by atoms with Crippen molar-refractivity contribution >= 4 is 29.2 Å². The smallest absolute Gasteiger partial charge is 0.335 e. The molecule has 7 nitrogen and oxygen atoms in total. The summed E-state index contributed by atoms with van der Waals surface area (Å²) >= 11 is 5.99. The van der Waals surface area contributed by atoms with E-state index in [4.69, 9.17) is 26.2 Å². The highest BCUT2D eigenvalue weighted by atomic mass is 35.5. The number of carboxylic acid groups (broad SMARTS) is 1. The van der Waals surface area contributed by atoms with Gasteiger partial charge in [0.2, 0.25) is 11.8 Å². The lowest BCUT2D eigenvalue weighted by molar-refractivity contribution is 0.0696. The van der Waals surface area contributed by atoms with Crippen LogP contribution in [0.1, 0.15) is 24.2 Å². The van der Waals surface area contributed by atoms with Crippen LogP contribution in [0, 0.1) is 0 Å². The van der Waals surface area contributed by atoms with Gasteiger partial charge in [-0.2, -0.15) is 4.98 Å². The van der Waals surface area contributed by atoms with E-state index < -0.39 is 5.97 Å². The SMILES string of the molecule is COc1cc(C(=O)O)ccc1Nc1ncc(Cl)c(OC(C)C)n1. The Morgan fingerprint density at radius 2 is 2.13 bits per heavy atom. The molecule has 1 aromatic heterocycles. The van der Waals surface area contributed by atoms with E-state index in [-0.39, 0.29) is 23.5 Å². The van der Waals surface area contributed by atoms with Crippen molar-refractivity contribution in [1.82, 2.24) is 9.97 Å². The van der Waals surface area contributed by atoms with Crippen molar-refractivity contribution in [1.29, 1.82) is 0 Å². The Bertz CT molecular complexity index is 722. The lowest BCUT2D eigenvalue weighted by Gasteiger charge is -2.13. The predicted octanol–water partition coefficient (Wildman–Crippen LogP) is 3.37. The molecule has 0 aliphatic carbocycles. The van der Waals surface area contributed by atoms with Gasteiger partial charge in [0, 0.05) is 0 Å². The number of carboxylic acids is 1. The van der Waals surface area contributed by atoms with Crippen LogP contribution in [-0.4, -0.2) is 34.3 Å². The number of carbonyl (C=O) groups is 1. The summed E-state index contributed by atoms with van der Waals surface area (Å²) in [5.74, 6) is -0.160. The topological polar surface area (TPSA) is 93.6 Å². The maximum atomic E-state index is 11.0. The van der Waals surface area contributed by atoms with E-state index in [1.54, 1.807) is 6.07 Å². The van der Waals surface area contributed by atoms with Gasteiger partial charge < -0.3 is 19.9 Å². The highest BCUT2D eigenvalue weighted by molar-refractivity contribution is 6.31. The van der Waals surface area contributed by atoms with Gasteiger partial charge in [-0.05, 0) is 32.0 Å². The van der Waals surface area contributed by atoms with Crippen LogP contribution in [0.25, 0.3) is 0 Å². The van der Waals surface area contributed by atoms with Crippen molar-refractivity contribution in [3.8, 4) is 11.6 Å². The lowest BCUT2D eigenvalue weighted by atomic mass is 10.2. The monoisotopic (exact) mass is 337 g/mol. The number of benzene rings is 1. The van der Waals surface area contributed by atoms with Crippen molar-refractivity contribution in [2.45, 2.75) is 20.0 Å². The van der Waals surface area contributed by atoms with Gasteiger partial charge in [-0.15, -0.1) is 0 Å². The first-order valence-electron chi connectivity index (χ1n) is 6.78. The summed E-state index contributed by atoms with van der Waals surface area (Å²) in [5.41, 5.74) is 0.642. The van der Waals surface area contributed by atoms with Crippen LogP contribution in [0.3, 0.4) is 0 Å². The van der Waals surface area contributed by atoms with Gasteiger partial charge in [0.25, 0.3) is 0 Å². The molecular weight excluding hydrogens is 322 g/mol. The van der Waals surface area contributed by atoms with Crippen LogP contribution in [0.5, 0.6) is 11.6 Å². The van der Waals surface area contributed by atoms with Gasteiger partial charge in [0.1, 0.15) is 10.8 Å². The molecule has 2 aromatic rings. The standard InChI is InChI=1S/C15H16ClN3O4/c1-8(2)23-13-10(16)7-17-15(19-13)18-11-5-4-9(14(20)21)6-12(11)22-3/h4-8H,1-3H3,(H,20,21)(H,17,18,19). The second-order valence-corrected chi connectivity index (χ2v) is 5.27. The summed E-state index contributed by atoms with van der Waals surface area (Å²) in [7, 11) is 1.45. The minimum Gasteiger partial charge on any atom is -0.495 e. The number of aromatic carboxylic acids is 1. The van der Waals surface area contributed by atoms with Crippen LogP contribution in [0.15, 0.2) is 24.4 Å². The Morgan fingerprint density at radius 1 is 1.39 bits per heavy atom. The number of hydrogen-bond donors (Lipinski definition) is 2. The van der Waals surface area contributed by atoms with E-state index in [1.165, 1.54) is 25.4 Å². The zero-order chi connectivity index (χ0) is 17.0. The van der Waals surface area contributed by atoms with E-state index in [1.807, 2.05) is 13.8 Å². The van der Waals surface area contributed by atoms with Crippen molar-refractivity contribution in [2.75, 3.05) is 12.4 Å². The fourth-order valence-electron chi connectivity index (χ4n) is 1.77. The molecule has 0 saturated heterocycles. The van der Waals surface area contributed by atoms with Gasteiger partial charge in [0.15, 0.2) is 0 Å². The van der Waals surface area contributed by atoms with Gasteiger partial charge in [0.05, 0.1) is 30.7 Å². The Hall–Kier alpha value is -2.54. The molecule has 0 spiro atoms. The molecule has 0 atom stereocenters. The fourth-order valence-corrected chi connectivity index (χ4v) is 1.90. The van der Waals surface area contributed by atoms with Crippen molar-refractivity contribution in [3.05, 3.63) is 35.0 Å². The molecule has 0 amide bonds. The highest BCUT2D eigenvalue weighted by Gasteiger charge is 2.12. The number of hydrogen-bond acceptors (Lipinski definition) is 6. The normalized spacial score (nSPS) is 10.5. The molecule has 0 unspecified atom stereocenters. The van der Waals surface area contributed by atoms with E-state index >= 15 is 0 Å². The number of aromatic nitrogens is 2. The van der Waals surface area contributed by atoms with Crippen molar-refractivity contribution in [3.63, 3.8) is 0 Å². The number of rotatable bonds is 6. The number of methoxy groups -OCH3 is 1. The summed E-state index contributed by atoms with van der Waals surface area (Å²) in [6.45, 7) is 3.72. The second-order valence-electron chi connectivity index (χ2n) is 4.86. The molecule has 0 aliphatic heterocycles. The zero-order valence-corrected chi connectivity index (χ0v) is 13.6. The first kappa shape index (κ1) is 16.8. The van der Waals surface area contributed by atoms with Crippen LogP contribution in [0.4, 0.5) is 11.6 Å². The largest absolute Gasteiger partial charge is 0.495 e. The van der Waals surface area contributed by atoms with Gasteiger partial charge in [-0.3, -0.25) is 0 Å². The zero-order valence-electron chi connectivity index (χ0n) is 12.8. The third-order valence-corrected chi connectivity index (χ3v) is 3.01. The Morgan fingerprint density at radius 3 is 2.74 bits per heavy atom. The molecule has 0 bridgehead atoms. The second kappa shape index (κ2) is 7.15. The fraction of sp³-hybridized carbons (Fsp3) is 0.267.